The van der Waals surface area contributed by atoms with Crippen LogP contribution in [0, 0.1) is 5.41 Å². The van der Waals surface area contributed by atoms with Crippen LogP contribution in [0.25, 0.3) is 0 Å². The highest BCUT2D eigenvalue weighted by Crippen LogP contribution is 2.50. The minimum absolute atomic E-state index is 0.0759. The van der Waals surface area contributed by atoms with E-state index in [0.717, 1.165) is 23.2 Å². The quantitative estimate of drug-likeness (QED) is 0.370. The molecular weight excluding hydrogens is 512 g/mol. The fourth-order valence-corrected chi connectivity index (χ4v) is 6.15. The number of benzene rings is 2. The summed E-state index contributed by atoms with van der Waals surface area (Å²) < 4.78 is 18.7. The SMILES string of the molecule is COc1ccc(C2C3=C(CC(C)(C)CC3=O)Nc3nc(SCc4ccccc4Cl)nn32)c(OC)c1OC. The normalized spacial score (nSPS) is 18.1. The molecule has 0 bridgehead atoms. The van der Waals surface area contributed by atoms with Crippen LogP contribution in [0.4, 0.5) is 5.95 Å². The first-order valence-corrected chi connectivity index (χ1v) is 13.3. The molecule has 1 unspecified atom stereocenters. The molecule has 0 saturated heterocycles. The maximum absolute atomic E-state index is 13.6. The summed E-state index contributed by atoms with van der Waals surface area (Å²) in [6.45, 7) is 4.21. The van der Waals surface area contributed by atoms with E-state index in [-0.39, 0.29) is 11.2 Å². The lowest BCUT2D eigenvalue weighted by atomic mass is 9.73. The smallest absolute Gasteiger partial charge is 0.227 e. The molecule has 1 N–H and O–H groups in total. The molecule has 0 spiro atoms. The molecule has 194 valence electrons. The van der Waals surface area contributed by atoms with Crippen molar-refractivity contribution in [2.24, 2.45) is 5.41 Å². The van der Waals surface area contributed by atoms with E-state index in [9.17, 15) is 4.79 Å². The number of hydrogen-bond acceptors (Lipinski definition) is 8. The number of halogens is 1. The average Bonchev–Trinajstić information content (AvgIpc) is 3.27. The second-order valence-electron chi connectivity index (χ2n) is 9.83. The number of carbonyl (C=O) groups is 1. The Balaban J connectivity index is 1.62. The van der Waals surface area contributed by atoms with Crippen molar-refractivity contribution in [1.29, 1.82) is 0 Å². The van der Waals surface area contributed by atoms with E-state index in [1.807, 2.05) is 36.4 Å². The number of fused-ring (bicyclic) bond motifs is 1. The molecule has 2 aromatic carbocycles. The lowest BCUT2D eigenvalue weighted by Crippen LogP contribution is -2.36. The van der Waals surface area contributed by atoms with Crippen molar-refractivity contribution in [2.45, 2.75) is 43.6 Å². The number of nitrogens with zero attached hydrogens (tertiary/aromatic N) is 3. The molecule has 0 fully saturated rings. The fraction of sp³-hybridized carbons (Fsp3) is 0.370. The minimum Gasteiger partial charge on any atom is -0.493 e. The van der Waals surface area contributed by atoms with Gasteiger partial charge in [-0.1, -0.05) is 55.4 Å². The monoisotopic (exact) mass is 540 g/mol. The summed E-state index contributed by atoms with van der Waals surface area (Å²) in [5, 5.41) is 9.54. The van der Waals surface area contributed by atoms with Crippen molar-refractivity contribution in [1.82, 2.24) is 14.8 Å². The number of methoxy groups -OCH3 is 3. The lowest BCUT2D eigenvalue weighted by molar-refractivity contribution is -0.118. The number of anilines is 1. The van der Waals surface area contributed by atoms with Gasteiger partial charge < -0.3 is 19.5 Å². The van der Waals surface area contributed by atoms with E-state index in [0.29, 0.717) is 51.1 Å². The lowest BCUT2D eigenvalue weighted by Gasteiger charge is -2.38. The van der Waals surface area contributed by atoms with E-state index in [4.69, 9.17) is 35.9 Å². The van der Waals surface area contributed by atoms with Gasteiger partial charge in [0.2, 0.25) is 16.9 Å². The number of thioether (sulfide) groups is 1. The van der Waals surface area contributed by atoms with Crippen molar-refractivity contribution in [2.75, 3.05) is 26.6 Å². The second kappa shape index (κ2) is 9.95. The van der Waals surface area contributed by atoms with E-state index < -0.39 is 6.04 Å². The average molecular weight is 541 g/mol. The molecule has 37 heavy (non-hydrogen) atoms. The fourth-order valence-electron chi connectivity index (χ4n) is 5.04. The van der Waals surface area contributed by atoms with Crippen LogP contribution < -0.4 is 19.5 Å². The molecule has 3 aromatic rings. The third kappa shape index (κ3) is 4.66. The first-order chi connectivity index (χ1) is 17.8. The number of allylic oxidation sites excluding steroid dienone is 2. The Morgan fingerprint density at radius 3 is 2.54 bits per heavy atom. The molecule has 5 rings (SSSR count). The molecular formula is C27H29ClN4O4S. The standard InChI is InChI=1S/C27H29ClN4O4S/c1-27(2)12-18-21(19(33)13-27)22(16-10-11-20(34-3)24(36-5)23(16)35-4)32-25(29-18)30-26(31-32)37-14-15-8-6-7-9-17(15)28/h6-11,22H,12-14H2,1-5H3,(H,29,30,31). The van der Waals surface area contributed by atoms with Gasteiger partial charge in [-0.05, 0) is 35.6 Å². The van der Waals surface area contributed by atoms with Crippen LogP contribution in [0.2, 0.25) is 5.02 Å². The van der Waals surface area contributed by atoms with Crippen LogP contribution in [-0.4, -0.2) is 41.9 Å². The molecule has 1 aromatic heterocycles. The van der Waals surface area contributed by atoms with Gasteiger partial charge in [-0.2, -0.15) is 4.98 Å². The first-order valence-electron chi connectivity index (χ1n) is 11.9. The summed E-state index contributed by atoms with van der Waals surface area (Å²) >= 11 is 7.84. The number of nitrogens with one attached hydrogen (secondary N) is 1. The van der Waals surface area contributed by atoms with Crippen molar-refractivity contribution >= 4 is 35.1 Å². The Bertz CT molecular complexity index is 1400. The Kier molecular flexibility index (Phi) is 6.85. The number of rotatable bonds is 7. The van der Waals surface area contributed by atoms with E-state index in [1.165, 1.54) is 11.8 Å². The van der Waals surface area contributed by atoms with E-state index in [2.05, 4.69) is 19.2 Å². The Morgan fingerprint density at radius 2 is 1.84 bits per heavy atom. The number of aromatic nitrogens is 3. The highest BCUT2D eigenvalue weighted by molar-refractivity contribution is 7.98. The molecule has 2 aliphatic rings. The molecule has 0 radical (unpaired) electrons. The van der Waals surface area contributed by atoms with Crippen molar-refractivity contribution < 1.29 is 19.0 Å². The van der Waals surface area contributed by atoms with Gasteiger partial charge in [0.25, 0.3) is 0 Å². The van der Waals surface area contributed by atoms with Crippen LogP contribution in [0.3, 0.4) is 0 Å². The summed E-state index contributed by atoms with van der Waals surface area (Å²) in [5.74, 6) is 2.76. The molecule has 10 heteroatoms. The number of carbonyl (C=O) groups excluding carboxylic acids is 1. The molecule has 2 heterocycles. The minimum atomic E-state index is -0.535. The maximum atomic E-state index is 13.6. The van der Waals surface area contributed by atoms with Gasteiger partial charge in [0.1, 0.15) is 6.04 Å². The molecule has 8 nitrogen and oxygen atoms in total. The summed E-state index contributed by atoms with van der Waals surface area (Å²) in [6, 6.07) is 10.9. The van der Waals surface area contributed by atoms with Crippen LogP contribution >= 0.6 is 23.4 Å². The first kappa shape index (κ1) is 25.5. The maximum Gasteiger partial charge on any atom is 0.227 e. The third-order valence-corrected chi connectivity index (χ3v) is 7.91. The van der Waals surface area contributed by atoms with Crippen LogP contribution in [0.15, 0.2) is 52.8 Å². The van der Waals surface area contributed by atoms with Gasteiger partial charge >= 0.3 is 0 Å². The zero-order valence-electron chi connectivity index (χ0n) is 21.4. The Hall–Kier alpha value is -3.17. The zero-order valence-corrected chi connectivity index (χ0v) is 23.0. The van der Waals surface area contributed by atoms with Crippen molar-refractivity contribution in [3.05, 3.63) is 63.8 Å². The van der Waals surface area contributed by atoms with Crippen LogP contribution in [-0.2, 0) is 10.5 Å². The van der Waals surface area contributed by atoms with Gasteiger partial charge in [-0.15, -0.1) is 5.10 Å². The predicted molar refractivity (Wildman–Crippen MR) is 144 cm³/mol. The summed E-state index contributed by atoms with van der Waals surface area (Å²) in [5.41, 5.74) is 3.12. The van der Waals surface area contributed by atoms with Crippen LogP contribution in [0.1, 0.15) is 43.9 Å². The highest BCUT2D eigenvalue weighted by Gasteiger charge is 2.43. The van der Waals surface area contributed by atoms with Crippen molar-refractivity contribution in [3.8, 4) is 17.2 Å². The zero-order chi connectivity index (χ0) is 26.3. The van der Waals surface area contributed by atoms with Gasteiger partial charge in [0, 0.05) is 34.0 Å². The van der Waals surface area contributed by atoms with E-state index in [1.54, 1.807) is 26.0 Å². The largest absolute Gasteiger partial charge is 0.493 e. The highest BCUT2D eigenvalue weighted by atomic mass is 35.5. The molecule has 0 amide bonds. The molecule has 1 aliphatic heterocycles. The Morgan fingerprint density at radius 1 is 1.08 bits per heavy atom. The topological polar surface area (TPSA) is 87.5 Å². The number of ether oxygens (including phenoxy) is 3. The van der Waals surface area contributed by atoms with Gasteiger partial charge in [0.05, 0.1) is 21.3 Å². The van der Waals surface area contributed by atoms with Gasteiger partial charge in [-0.3, -0.25) is 4.79 Å². The number of ketones is 1. The van der Waals surface area contributed by atoms with Gasteiger partial charge in [0.15, 0.2) is 17.3 Å². The summed E-state index contributed by atoms with van der Waals surface area (Å²) in [4.78, 5) is 18.4. The molecule has 0 saturated carbocycles. The van der Waals surface area contributed by atoms with Gasteiger partial charge in [-0.25, -0.2) is 4.68 Å². The second-order valence-corrected chi connectivity index (χ2v) is 11.2. The van der Waals surface area contributed by atoms with E-state index >= 15 is 0 Å². The van der Waals surface area contributed by atoms with Crippen LogP contribution in [0.5, 0.6) is 17.2 Å². The number of Topliss-reactive ketones (excluding diaryl/α,β-unsaturated/α-hetero) is 1. The number of hydrogen-bond donors (Lipinski definition) is 1. The third-order valence-electron chi connectivity index (χ3n) is 6.66. The summed E-state index contributed by atoms with van der Waals surface area (Å²) in [6.07, 6.45) is 1.16. The summed E-state index contributed by atoms with van der Waals surface area (Å²) in [7, 11) is 4.72. The van der Waals surface area contributed by atoms with Crippen molar-refractivity contribution in [3.63, 3.8) is 0 Å². The predicted octanol–water partition coefficient (Wildman–Crippen LogP) is 5.91. The Labute approximate surface area is 225 Å². The molecule has 1 aliphatic carbocycles. The molecule has 1 atom stereocenters.